The molecule has 3 N–H and O–H groups in total. The fourth-order valence-electron chi connectivity index (χ4n) is 4.32. The third-order valence-corrected chi connectivity index (χ3v) is 6.56. The number of nitrogens with zero attached hydrogens (tertiary/aromatic N) is 2. The van der Waals surface area contributed by atoms with Crippen molar-refractivity contribution in [3.8, 4) is 11.1 Å². The minimum absolute atomic E-state index is 0.189. The summed E-state index contributed by atoms with van der Waals surface area (Å²) in [6.45, 7) is 1.97. The largest absolute Gasteiger partial charge is 0.453 e. The zero-order valence-electron chi connectivity index (χ0n) is 20.6. The van der Waals surface area contributed by atoms with Crippen LogP contribution in [0.2, 0.25) is 5.15 Å². The molecule has 2 atom stereocenters. The molecule has 1 aliphatic heterocycles. The van der Waals surface area contributed by atoms with Gasteiger partial charge in [-0.15, -0.1) is 5.10 Å². The molecule has 4 rings (SSSR count). The highest BCUT2D eigenvalue weighted by Crippen LogP contribution is 2.28. The van der Waals surface area contributed by atoms with Gasteiger partial charge in [-0.1, -0.05) is 54.1 Å². The summed E-state index contributed by atoms with van der Waals surface area (Å²) in [7, 11) is 1.31. The van der Waals surface area contributed by atoms with Gasteiger partial charge in [0.05, 0.1) is 12.8 Å². The highest BCUT2D eigenvalue weighted by atomic mass is 35.5. The van der Waals surface area contributed by atoms with Crippen LogP contribution in [0.25, 0.3) is 11.1 Å². The Morgan fingerprint density at radius 2 is 1.89 bits per heavy atom. The molecular formula is C27H30ClN5O4. The Morgan fingerprint density at radius 1 is 1.11 bits per heavy atom. The molecule has 1 aromatic heterocycles. The van der Waals surface area contributed by atoms with E-state index >= 15 is 0 Å². The zero-order valence-corrected chi connectivity index (χ0v) is 21.3. The van der Waals surface area contributed by atoms with Crippen LogP contribution in [0.3, 0.4) is 0 Å². The maximum Gasteiger partial charge on any atom is 0.411 e. The fraction of sp³-hybridized carbons (Fsp3) is 0.333. The lowest BCUT2D eigenvalue weighted by Crippen LogP contribution is -2.47. The molecule has 2 aromatic carbocycles. The molecule has 2 heterocycles. The molecule has 0 radical (unpaired) electrons. The van der Waals surface area contributed by atoms with Gasteiger partial charge in [0.2, 0.25) is 0 Å². The molecule has 2 amide bonds. The first-order valence-corrected chi connectivity index (χ1v) is 12.5. The number of nitrogens with one attached hydrogen (secondary N) is 3. The van der Waals surface area contributed by atoms with Crippen LogP contribution in [0.15, 0.2) is 60.7 Å². The summed E-state index contributed by atoms with van der Waals surface area (Å²) < 4.78 is 10.1. The van der Waals surface area contributed by atoms with Gasteiger partial charge < -0.3 is 20.1 Å². The van der Waals surface area contributed by atoms with E-state index < -0.39 is 12.2 Å². The van der Waals surface area contributed by atoms with Gasteiger partial charge >= 0.3 is 12.2 Å². The Kier molecular flexibility index (Phi) is 9.29. The first-order valence-electron chi connectivity index (χ1n) is 12.2. The number of aromatic nitrogens is 2. The SMILES string of the molecule is COC(=O)Nc1ccc(-c2cc(CC(NC(=O)OCc3ccccc3)C3CCCNC3)nnc2Cl)cc1. The van der Waals surface area contributed by atoms with Crippen LogP contribution in [0, 0.1) is 5.92 Å². The van der Waals surface area contributed by atoms with Crippen molar-refractivity contribution < 1.29 is 19.1 Å². The van der Waals surface area contributed by atoms with E-state index in [1.54, 1.807) is 12.1 Å². The number of hydrogen-bond donors (Lipinski definition) is 3. The molecule has 0 bridgehead atoms. The first-order chi connectivity index (χ1) is 18.0. The summed E-state index contributed by atoms with van der Waals surface area (Å²) in [5.74, 6) is 0.225. The summed E-state index contributed by atoms with van der Waals surface area (Å²) in [6, 6.07) is 18.4. The number of benzene rings is 2. The lowest BCUT2D eigenvalue weighted by molar-refractivity contribution is 0.129. The van der Waals surface area contributed by atoms with Gasteiger partial charge in [-0.2, -0.15) is 5.10 Å². The van der Waals surface area contributed by atoms with Crippen LogP contribution in [0.1, 0.15) is 24.1 Å². The van der Waals surface area contributed by atoms with Gasteiger partial charge in [0, 0.05) is 23.7 Å². The highest BCUT2D eigenvalue weighted by Gasteiger charge is 2.27. The van der Waals surface area contributed by atoms with Crippen LogP contribution in [-0.4, -0.2) is 48.6 Å². The zero-order chi connectivity index (χ0) is 26.0. The van der Waals surface area contributed by atoms with Crippen LogP contribution >= 0.6 is 11.6 Å². The molecule has 0 spiro atoms. The van der Waals surface area contributed by atoms with Crippen molar-refractivity contribution in [3.05, 3.63) is 77.1 Å². The summed E-state index contributed by atoms with van der Waals surface area (Å²) in [5.41, 5.74) is 3.76. The maximum atomic E-state index is 12.7. The quantitative estimate of drug-likeness (QED) is 0.388. The highest BCUT2D eigenvalue weighted by molar-refractivity contribution is 6.32. The average molecular weight is 524 g/mol. The standard InChI is InChI=1S/C27H30ClN5O4/c1-36-26(34)30-21-11-9-19(10-12-21)23-14-22(32-33-25(23)28)15-24(20-8-5-13-29-16-20)31-27(35)37-17-18-6-3-2-4-7-18/h2-4,6-7,9-12,14,20,24,29H,5,8,13,15-17H2,1H3,(H,30,34)(H,31,35). The number of amides is 2. The number of halogens is 1. The molecule has 37 heavy (non-hydrogen) atoms. The van der Waals surface area contributed by atoms with Gasteiger partial charge in [-0.25, -0.2) is 9.59 Å². The van der Waals surface area contributed by atoms with Crippen molar-refractivity contribution >= 4 is 29.5 Å². The number of anilines is 1. The van der Waals surface area contributed by atoms with Crippen LogP contribution in [0.5, 0.6) is 0 Å². The number of methoxy groups -OCH3 is 1. The van der Waals surface area contributed by atoms with Crippen LogP contribution < -0.4 is 16.0 Å². The van der Waals surface area contributed by atoms with E-state index in [9.17, 15) is 9.59 Å². The minimum Gasteiger partial charge on any atom is -0.453 e. The van der Waals surface area contributed by atoms with E-state index in [0.717, 1.165) is 37.1 Å². The predicted octanol–water partition coefficient (Wildman–Crippen LogP) is 4.81. The third-order valence-electron chi connectivity index (χ3n) is 6.28. The van der Waals surface area contributed by atoms with Crippen LogP contribution in [-0.2, 0) is 22.5 Å². The fourth-order valence-corrected chi connectivity index (χ4v) is 4.52. The number of rotatable bonds is 8. The molecule has 3 aromatic rings. The number of ether oxygens (including phenoxy) is 2. The van der Waals surface area contributed by atoms with E-state index in [-0.39, 0.29) is 23.7 Å². The molecule has 1 aliphatic rings. The predicted molar refractivity (Wildman–Crippen MR) is 141 cm³/mol. The third kappa shape index (κ3) is 7.65. The van der Waals surface area contributed by atoms with Crippen molar-refractivity contribution in [2.45, 2.75) is 31.9 Å². The number of piperidine rings is 1. The molecule has 1 saturated heterocycles. The number of hydrogen-bond acceptors (Lipinski definition) is 7. The van der Waals surface area contributed by atoms with Crippen LogP contribution in [0.4, 0.5) is 15.3 Å². The lowest BCUT2D eigenvalue weighted by atomic mass is 9.88. The molecule has 9 nitrogen and oxygen atoms in total. The second kappa shape index (κ2) is 13.0. The summed E-state index contributed by atoms with van der Waals surface area (Å²) in [6.07, 6.45) is 1.49. The monoisotopic (exact) mass is 523 g/mol. The number of alkyl carbamates (subject to hydrolysis) is 1. The molecule has 194 valence electrons. The van der Waals surface area contributed by atoms with Crippen molar-refractivity contribution in [1.29, 1.82) is 0 Å². The van der Waals surface area contributed by atoms with Gasteiger partial charge in [0.15, 0.2) is 5.15 Å². The topological polar surface area (TPSA) is 114 Å². The van der Waals surface area contributed by atoms with Crippen molar-refractivity contribution in [2.75, 3.05) is 25.5 Å². The summed E-state index contributed by atoms with van der Waals surface area (Å²) in [4.78, 5) is 24.1. The second-order valence-electron chi connectivity index (χ2n) is 8.86. The van der Waals surface area contributed by atoms with Crippen molar-refractivity contribution in [2.24, 2.45) is 5.92 Å². The average Bonchev–Trinajstić information content (AvgIpc) is 2.94. The van der Waals surface area contributed by atoms with E-state index in [0.29, 0.717) is 23.4 Å². The lowest BCUT2D eigenvalue weighted by Gasteiger charge is -2.31. The molecule has 1 fully saturated rings. The Bertz CT molecular complexity index is 1190. The molecule has 0 aliphatic carbocycles. The Labute approximate surface area is 220 Å². The molecule has 10 heteroatoms. The molecule has 0 saturated carbocycles. The van der Waals surface area contributed by atoms with Crippen molar-refractivity contribution in [3.63, 3.8) is 0 Å². The van der Waals surface area contributed by atoms with Crippen molar-refractivity contribution in [1.82, 2.24) is 20.8 Å². The number of carbonyl (C=O) groups excluding carboxylic acids is 2. The second-order valence-corrected chi connectivity index (χ2v) is 9.22. The molecule has 2 unspecified atom stereocenters. The van der Waals surface area contributed by atoms with Gasteiger partial charge in [-0.3, -0.25) is 5.32 Å². The Morgan fingerprint density at radius 3 is 2.59 bits per heavy atom. The summed E-state index contributed by atoms with van der Waals surface area (Å²) in [5, 5.41) is 17.8. The Hall–Kier alpha value is -3.69. The van der Waals surface area contributed by atoms with E-state index in [4.69, 9.17) is 16.3 Å². The van der Waals surface area contributed by atoms with E-state index in [1.807, 2.05) is 48.5 Å². The maximum absolute atomic E-state index is 12.7. The van der Waals surface area contributed by atoms with Gasteiger partial charge in [-0.05, 0) is 61.2 Å². The smallest absolute Gasteiger partial charge is 0.411 e. The summed E-state index contributed by atoms with van der Waals surface area (Å²) >= 11 is 6.38. The van der Waals surface area contributed by atoms with E-state index in [2.05, 4.69) is 30.9 Å². The van der Waals surface area contributed by atoms with Gasteiger partial charge in [0.25, 0.3) is 0 Å². The van der Waals surface area contributed by atoms with E-state index in [1.165, 1.54) is 7.11 Å². The first kappa shape index (κ1) is 26.4. The van der Waals surface area contributed by atoms with Gasteiger partial charge in [0.1, 0.15) is 6.61 Å². The minimum atomic E-state index is -0.545. The molecular weight excluding hydrogens is 494 g/mol. The number of carbonyl (C=O) groups is 2. The normalized spacial score (nSPS) is 15.9. The Balaban J connectivity index is 1.47.